The molecule has 0 saturated heterocycles. The second kappa shape index (κ2) is 6.08. The zero-order valence-corrected chi connectivity index (χ0v) is 13.3. The molecule has 0 saturated carbocycles. The van der Waals surface area contributed by atoms with Crippen LogP contribution < -0.4 is 0 Å². The fourth-order valence-corrected chi connectivity index (χ4v) is 3.62. The molecular weight excluding hydrogens is 301 g/mol. The van der Waals surface area contributed by atoms with E-state index in [1.165, 1.54) is 6.42 Å². The van der Waals surface area contributed by atoms with Gasteiger partial charge in [0, 0.05) is 3.42 Å². The summed E-state index contributed by atoms with van der Waals surface area (Å²) in [7, 11) is 9.13. The van der Waals surface area contributed by atoms with E-state index in [0.29, 0.717) is 9.34 Å². The molecule has 0 heterocycles. The molecule has 0 rings (SSSR count). The fourth-order valence-electron chi connectivity index (χ4n) is 1.84. The van der Waals surface area contributed by atoms with Crippen molar-refractivity contribution in [2.24, 2.45) is 5.92 Å². The van der Waals surface area contributed by atoms with Gasteiger partial charge in [-0.25, -0.2) is 0 Å². The van der Waals surface area contributed by atoms with Crippen LogP contribution in [0.15, 0.2) is 0 Å². The third kappa shape index (κ3) is 4.83. The van der Waals surface area contributed by atoms with Crippen molar-refractivity contribution in [1.82, 2.24) is 0 Å². The lowest BCUT2D eigenvalue weighted by atomic mass is 9.72. The number of halogens is 1. The third-order valence-corrected chi connectivity index (χ3v) is 5.84. The summed E-state index contributed by atoms with van der Waals surface area (Å²) in [4.78, 5) is 0. The molecule has 0 spiro atoms. The molecule has 0 aliphatic rings. The normalized spacial score (nSPS) is 20.5. The minimum absolute atomic E-state index is 0.0732. The Balaban J connectivity index is 4.44. The molecule has 0 aliphatic heterocycles. The first-order valence-electron chi connectivity index (χ1n) is 5.54. The monoisotopic (exact) mass is 324 g/mol. The average molecular weight is 324 g/mol. The van der Waals surface area contributed by atoms with Crippen molar-refractivity contribution in [3.05, 3.63) is 0 Å². The third-order valence-electron chi connectivity index (χ3n) is 2.96. The Morgan fingerprint density at radius 3 is 2.14 bits per heavy atom. The zero-order valence-electron chi connectivity index (χ0n) is 9.94. The highest BCUT2D eigenvalue weighted by molar-refractivity contribution is 14.1. The van der Waals surface area contributed by atoms with Gasteiger partial charge in [0.05, 0.1) is 7.85 Å². The zero-order chi connectivity index (χ0) is 11.4. The van der Waals surface area contributed by atoms with Gasteiger partial charge in [0.15, 0.2) is 0 Å². The van der Waals surface area contributed by atoms with Gasteiger partial charge in [-0.1, -0.05) is 68.2 Å². The summed E-state index contributed by atoms with van der Waals surface area (Å²) in [6, 6.07) is 0. The Kier molecular flexibility index (Phi) is 6.61. The molecule has 82 valence electrons. The molecule has 0 bridgehead atoms. The lowest BCUT2D eigenvalue weighted by Crippen LogP contribution is -2.37. The van der Waals surface area contributed by atoms with Crippen molar-refractivity contribution in [3.63, 3.8) is 0 Å². The SMILES string of the molecule is [B]C(P)(CCC)CC(I)(CC)C(C)C. The van der Waals surface area contributed by atoms with Gasteiger partial charge in [-0.15, -0.1) is 9.24 Å². The van der Waals surface area contributed by atoms with Crippen LogP contribution in [0.25, 0.3) is 0 Å². The maximum atomic E-state index is 6.28. The molecule has 0 nitrogen and oxygen atoms in total. The summed E-state index contributed by atoms with van der Waals surface area (Å²) >= 11 is 2.60. The Labute approximate surface area is 107 Å². The predicted octanol–water partition coefficient (Wildman–Crippen LogP) is 4.16. The highest BCUT2D eigenvalue weighted by Crippen LogP contribution is 2.42. The van der Waals surface area contributed by atoms with E-state index in [2.05, 4.69) is 59.5 Å². The summed E-state index contributed by atoms with van der Waals surface area (Å²) in [5, 5.41) is -0.0732. The minimum atomic E-state index is -0.0732. The summed E-state index contributed by atoms with van der Waals surface area (Å²) in [6.07, 6.45) is 4.54. The molecule has 14 heavy (non-hydrogen) atoms. The topological polar surface area (TPSA) is 0 Å². The van der Waals surface area contributed by atoms with Gasteiger partial charge in [-0.05, 0) is 18.8 Å². The summed E-state index contributed by atoms with van der Waals surface area (Å²) < 4.78 is 0.351. The first-order chi connectivity index (χ1) is 6.27. The van der Waals surface area contributed by atoms with Crippen LogP contribution in [0.4, 0.5) is 0 Å². The minimum Gasteiger partial charge on any atom is -0.140 e. The molecule has 0 N–H and O–H groups in total. The maximum Gasteiger partial charge on any atom is 0.0803 e. The van der Waals surface area contributed by atoms with Crippen molar-refractivity contribution in [1.29, 1.82) is 0 Å². The molecule has 0 aliphatic carbocycles. The second-order valence-corrected chi connectivity index (χ2v) is 8.00. The van der Waals surface area contributed by atoms with E-state index in [1.54, 1.807) is 0 Å². The van der Waals surface area contributed by atoms with Crippen molar-refractivity contribution in [2.45, 2.75) is 61.9 Å². The van der Waals surface area contributed by atoms with Crippen molar-refractivity contribution >= 4 is 39.7 Å². The van der Waals surface area contributed by atoms with E-state index in [-0.39, 0.29) is 5.06 Å². The quantitative estimate of drug-likeness (QED) is 0.298. The first-order valence-corrected chi connectivity index (χ1v) is 7.19. The van der Waals surface area contributed by atoms with Gasteiger partial charge >= 0.3 is 0 Å². The standard InChI is InChI=1S/C11H23BIP/c1-5-7-11(12,14)8-10(13,6-2)9(3)4/h9H,5-8,14H2,1-4H3. The van der Waals surface area contributed by atoms with Crippen LogP contribution in [0.3, 0.4) is 0 Å². The maximum absolute atomic E-state index is 6.28. The van der Waals surface area contributed by atoms with Crippen molar-refractivity contribution < 1.29 is 0 Å². The molecular formula is C11H23BIP. The van der Waals surface area contributed by atoms with E-state index in [0.717, 1.165) is 19.3 Å². The number of hydrogen-bond donors (Lipinski definition) is 0. The van der Waals surface area contributed by atoms with E-state index < -0.39 is 0 Å². The molecule has 3 heteroatoms. The van der Waals surface area contributed by atoms with Crippen LogP contribution in [0.1, 0.15) is 53.4 Å². The largest absolute Gasteiger partial charge is 0.140 e. The van der Waals surface area contributed by atoms with Gasteiger partial charge in [0.1, 0.15) is 0 Å². The summed E-state index contributed by atoms with van der Waals surface area (Å²) in [5.41, 5.74) is 0. The first kappa shape index (κ1) is 15.2. The number of rotatable bonds is 6. The van der Waals surface area contributed by atoms with Crippen LogP contribution in [-0.4, -0.2) is 16.3 Å². The molecule has 0 fully saturated rings. The van der Waals surface area contributed by atoms with Crippen LogP contribution in [0, 0.1) is 5.92 Å². The molecule has 0 aromatic rings. The van der Waals surface area contributed by atoms with E-state index in [9.17, 15) is 0 Å². The van der Waals surface area contributed by atoms with Crippen LogP contribution in [0.5, 0.6) is 0 Å². The van der Waals surface area contributed by atoms with Crippen LogP contribution in [-0.2, 0) is 0 Å². The molecule has 3 atom stereocenters. The van der Waals surface area contributed by atoms with E-state index in [1.807, 2.05) is 0 Å². The van der Waals surface area contributed by atoms with Crippen LogP contribution >= 0.6 is 31.8 Å². The second-order valence-electron chi connectivity index (χ2n) is 4.70. The van der Waals surface area contributed by atoms with Crippen molar-refractivity contribution in [3.8, 4) is 0 Å². The molecule has 2 radical (unpaired) electrons. The van der Waals surface area contributed by atoms with E-state index >= 15 is 0 Å². The smallest absolute Gasteiger partial charge is 0.0803 e. The molecule has 3 unspecified atom stereocenters. The van der Waals surface area contributed by atoms with Gasteiger partial charge in [0.25, 0.3) is 0 Å². The number of alkyl halides is 1. The fraction of sp³-hybridized carbons (Fsp3) is 1.00. The summed E-state index contributed by atoms with van der Waals surface area (Å²) in [6.45, 7) is 9.05. The van der Waals surface area contributed by atoms with Crippen LogP contribution in [0.2, 0.25) is 0 Å². The van der Waals surface area contributed by atoms with Gasteiger partial charge in [-0.3, -0.25) is 0 Å². The lowest BCUT2D eigenvalue weighted by molar-refractivity contribution is 0.395. The van der Waals surface area contributed by atoms with Gasteiger partial charge in [0.2, 0.25) is 0 Å². The molecule has 0 amide bonds. The highest BCUT2D eigenvalue weighted by atomic mass is 127. The lowest BCUT2D eigenvalue weighted by Gasteiger charge is -2.38. The Morgan fingerprint density at radius 2 is 1.86 bits per heavy atom. The predicted molar refractivity (Wildman–Crippen MR) is 79.6 cm³/mol. The van der Waals surface area contributed by atoms with Crippen molar-refractivity contribution in [2.75, 3.05) is 0 Å². The number of hydrogen-bond acceptors (Lipinski definition) is 0. The molecule has 0 aromatic heterocycles. The Morgan fingerprint density at radius 1 is 1.36 bits per heavy atom. The average Bonchev–Trinajstić information content (AvgIpc) is 2.02. The molecule has 0 aromatic carbocycles. The van der Waals surface area contributed by atoms with Gasteiger partial charge < -0.3 is 0 Å². The van der Waals surface area contributed by atoms with Gasteiger partial charge in [-0.2, -0.15) is 0 Å². The Hall–Kier alpha value is 1.22. The van der Waals surface area contributed by atoms with E-state index in [4.69, 9.17) is 7.85 Å². The Bertz CT molecular complexity index is 171. The summed E-state index contributed by atoms with van der Waals surface area (Å²) in [5.74, 6) is 0.688. The highest BCUT2D eigenvalue weighted by Gasteiger charge is 2.34.